The van der Waals surface area contributed by atoms with Crippen molar-refractivity contribution >= 4 is 11.8 Å². The van der Waals surface area contributed by atoms with E-state index in [9.17, 15) is 13.2 Å². The van der Waals surface area contributed by atoms with E-state index in [0.717, 1.165) is 25.1 Å². The fourth-order valence-electron chi connectivity index (χ4n) is 2.30. The number of nitrogens with zero attached hydrogens (tertiary/aromatic N) is 1. The standard InChI is InChI=1S/C13H16F3NOS/c14-13(15,16)19-12-3-1-2-10(6-12)7-17-5-4-11(8-17)9-18/h1-3,6,11,18H,4-5,7-9H2. The van der Waals surface area contributed by atoms with E-state index in [1.165, 1.54) is 6.07 Å². The molecular weight excluding hydrogens is 275 g/mol. The summed E-state index contributed by atoms with van der Waals surface area (Å²) in [4.78, 5) is 2.39. The van der Waals surface area contributed by atoms with Gasteiger partial charge in [-0.25, -0.2) is 0 Å². The summed E-state index contributed by atoms with van der Waals surface area (Å²) in [6, 6.07) is 6.56. The summed E-state index contributed by atoms with van der Waals surface area (Å²) < 4.78 is 36.9. The van der Waals surface area contributed by atoms with Crippen LogP contribution >= 0.6 is 11.8 Å². The summed E-state index contributed by atoms with van der Waals surface area (Å²) in [5, 5.41) is 9.07. The molecular formula is C13H16F3NOS. The second kappa shape index (κ2) is 6.15. The third-order valence-electron chi connectivity index (χ3n) is 3.17. The monoisotopic (exact) mass is 291 g/mol. The first-order valence-electron chi connectivity index (χ1n) is 6.14. The van der Waals surface area contributed by atoms with E-state index in [-0.39, 0.29) is 23.3 Å². The van der Waals surface area contributed by atoms with Crippen LogP contribution in [0, 0.1) is 5.92 Å². The van der Waals surface area contributed by atoms with E-state index in [4.69, 9.17) is 5.11 Å². The Morgan fingerprint density at radius 3 is 2.79 bits per heavy atom. The van der Waals surface area contributed by atoms with Gasteiger partial charge in [0, 0.05) is 24.6 Å². The van der Waals surface area contributed by atoms with Crippen LogP contribution in [0.2, 0.25) is 0 Å². The van der Waals surface area contributed by atoms with Gasteiger partial charge in [-0.15, -0.1) is 0 Å². The predicted octanol–water partition coefficient (Wildman–Crippen LogP) is 3.11. The fourth-order valence-corrected chi connectivity index (χ4v) is 2.93. The molecule has 1 aliphatic rings. The van der Waals surface area contributed by atoms with Gasteiger partial charge in [-0.1, -0.05) is 12.1 Å². The third-order valence-corrected chi connectivity index (χ3v) is 3.89. The summed E-state index contributed by atoms with van der Waals surface area (Å²) in [6.45, 7) is 2.53. The van der Waals surface area contributed by atoms with E-state index in [2.05, 4.69) is 4.90 Å². The lowest BCUT2D eigenvalue weighted by atomic mass is 10.1. The highest BCUT2D eigenvalue weighted by Crippen LogP contribution is 2.37. The lowest BCUT2D eigenvalue weighted by Gasteiger charge is -2.16. The topological polar surface area (TPSA) is 23.5 Å². The van der Waals surface area contributed by atoms with Gasteiger partial charge in [0.15, 0.2) is 0 Å². The number of hydrogen-bond acceptors (Lipinski definition) is 3. The first-order chi connectivity index (χ1) is 8.96. The van der Waals surface area contributed by atoms with E-state index >= 15 is 0 Å². The predicted molar refractivity (Wildman–Crippen MR) is 68.8 cm³/mol. The number of hydrogen-bond donors (Lipinski definition) is 1. The van der Waals surface area contributed by atoms with Gasteiger partial charge in [-0.2, -0.15) is 13.2 Å². The van der Waals surface area contributed by atoms with Crippen LogP contribution < -0.4 is 0 Å². The molecule has 0 aliphatic carbocycles. The van der Waals surface area contributed by atoms with Gasteiger partial charge >= 0.3 is 5.51 Å². The summed E-state index contributed by atoms with van der Waals surface area (Å²) >= 11 is -0.0806. The van der Waals surface area contributed by atoms with Crippen molar-refractivity contribution in [2.24, 2.45) is 5.92 Å². The molecule has 0 bridgehead atoms. The van der Waals surface area contributed by atoms with Gasteiger partial charge in [0.2, 0.25) is 0 Å². The SMILES string of the molecule is OCC1CCN(Cc2cccc(SC(F)(F)F)c2)C1. The number of thioether (sulfide) groups is 1. The van der Waals surface area contributed by atoms with Crippen LogP contribution in [0.1, 0.15) is 12.0 Å². The number of likely N-dealkylation sites (tertiary alicyclic amines) is 1. The van der Waals surface area contributed by atoms with Crippen LogP contribution in [0.3, 0.4) is 0 Å². The summed E-state index contributed by atoms with van der Waals surface area (Å²) in [5.41, 5.74) is -3.36. The second-order valence-electron chi connectivity index (χ2n) is 4.77. The number of alkyl halides is 3. The highest BCUT2D eigenvalue weighted by molar-refractivity contribution is 8.00. The number of aliphatic hydroxyl groups excluding tert-OH is 1. The first kappa shape index (κ1) is 14.7. The zero-order chi connectivity index (χ0) is 13.9. The lowest BCUT2D eigenvalue weighted by Crippen LogP contribution is -2.20. The summed E-state index contributed by atoms with van der Waals surface area (Å²) in [7, 11) is 0. The Balaban J connectivity index is 1.96. The molecule has 2 rings (SSSR count). The average molecular weight is 291 g/mol. The van der Waals surface area contributed by atoms with Crippen molar-refractivity contribution in [2.75, 3.05) is 19.7 Å². The van der Waals surface area contributed by atoms with Crippen LogP contribution in [0.4, 0.5) is 13.2 Å². The molecule has 19 heavy (non-hydrogen) atoms. The maximum atomic E-state index is 12.3. The number of rotatable bonds is 4. The molecule has 106 valence electrons. The van der Waals surface area contributed by atoms with Crippen LogP contribution in [0.15, 0.2) is 29.2 Å². The zero-order valence-electron chi connectivity index (χ0n) is 10.4. The normalized spacial score (nSPS) is 20.9. The minimum atomic E-state index is -4.24. The van der Waals surface area contributed by atoms with Gasteiger partial charge in [0.25, 0.3) is 0 Å². The smallest absolute Gasteiger partial charge is 0.396 e. The van der Waals surface area contributed by atoms with Gasteiger partial charge in [-0.3, -0.25) is 4.90 Å². The van der Waals surface area contributed by atoms with Crippen molar-refractivity contribution in [1.29, 1.82) is 0 Å². The molecule has 1 fully saturated rings. The van der Waals surface area contributed by atoms with Gasteiger partial charge in [0.05, 0.1) is 0 Å². The Kier molecular flexibility index (Phi) is 4.76. The molecule has 6 heteroatoms. The molecule has 1 aromatic rings. The van der Waals surface area contributed by atoms with Gasteiger partial charge < -0.3 is 5.11 Å². The molecule has 1 atom stereocenters. The van der Waals surface area contributed by atoms with Crippen molar-refractivity contribution in [1.82, 2.24) is 4.90 Å². The Hall–Kier alpha value is -0.720. The maximum Gasteiger partial charge on any atom is 0.446 e. The Labute approximate surface area is 114 Å². The second-order valence-corrected chi connectivity index (χ2v) is 5.91. The average Bonchev–Trinajstić information content (AvgIpc) is 2.75. The Bertz CT molecular complexity index is 425. The van der Waals surface area contributed by atoms with E-state index < -0.39 is 5.51 Å². The van der Waals surface area contributed by atoms with Crippen LogP contribution in [-0.4, -0.2) is 35.2 Å². The molecule has 0 aromatic heterocycles. The molecule has 0 radical (unpaired) electrons. The molecule has 0 saturated carbocycles. The highest BCUT2D eigenvalue weighted by Gasteiger charge is 2.29. The van der Waals surface area contributed by atoms with Crippen LogP contribution in [-0.2, 0) is 6.54 Å². The molecule has 1 N–H and O–H groups in total. The number of aliphatic hydroxyl groups is 1. The molecule has 1 aliphatic heterocycles. The first-order valence-corrected chi connectivity index (χ1v) is 6.96. The molecule has 1 heterocycles. The Morgan fingerprint density at radius 2 is 2.16 bits per heavy atom. The van der Waals surface area contributed by atoms with Crippen molar-refractivity contribution < 1.29 is 18.3 Å². The van der Waals surface area contributed by atoms with E-state index in [1.54, 1.807) is 12.1 Å². The Morgan fingerprint density at radius 1 is 1.37 bits per heavy atom. The molecule has 0 spiro atoms. The molecule has 0 amide bonds. The summed E-state index contributed by atoms with van der Waals surface area (Å²) in [5.74, 6) is 0.299. The molecule has 1 saturated heterocycles. The molecule has 1 aromatic carbocycles. The quantitative estimate of drug-likeness (QED) is 0.862. The minimum Gasteiger partial charge on any atom is -0.396 e. The zero-order valence-corrected chi connectivity index (χ0v) is 11.2. The lowest BCUT2D eigenvalue weighted by molar-refractivity contribution is -0.0328. The fraction of sp³-hybridized carbons (Fsp3) is 0.538. The largest absolute Gasteiger partial charge is 0.446 e. The van der Waals surface area contributed by atoms with E-state index in [0.29, 0.717) is 12.5 Å². The van der Waals surface area contributed by atoms with Crippen LogP contribution in [0.25, 0.3) is 0 Å². The minimum absolute atomic E-state index is 0.0806. The highest BCUT2D eigenvalue weighted by atomic mass is 32.2. The van der Waals surface area contributed by atoms with Crippen molar-refractivity contribution in [2.45, 2.75) is 23.4 Å². The molecule has 1 unspecified atom stereocenters. The molecule has 2 nitrogen and oxygen atoms in total. The maximum absolute atomic E-state index is 12.3. The van der Waals surface area contributed by atoms with Gasteiger partial charge in [-0.05, 0) is 48.3 Å². The van der Waals surface area contributed by atoms with Gasteiger partial charge in [0.1, 0.15) is 0 Å². The third kappa shape index (κ3) is 4.71. The van der Waals surface area contributed by atoms with Crippen molar-refractivity contribution in [3.63, 3.8) is 0 Å². The number of benzene rings is 1. The number of halogens is 3. The van der Waals surface area contributed by atoms with E-state index in [1.807, 2.05) is 6.07 Å². The van der Waals surface area contributed by atoms with Crippen molar-refractivity contribution in [3.05, 3.63) is 29.8 Å². The summed E-state index contributed by atoms with van der Waals surface area (Å²) in [6.07, 6.45) is 0.952. The van der Waals surface area contributed by atoms with Crippen LogP contribution in [0.5, 0.6) is 0 Å². The van der Waals surface area contributed by atoms with Crippen molar-refractivity contribution in [3.8, 4) is 0 Å².